The topological polar surface area (TPSA) is 64.8 Å². The normalized spacial score (nSPS) is 30.9. The second-order valence-electron chi connectivity index (χ2n) is 4.75. The highest BCUT2D eigenvalue weighted by Crippen LogP contribution is 2.29. The molecule has 2 bridgehead atoms. The molecule has 88 valence electrons. The lowest BCUT2D eigenvalue weighted by molar-refractivity contribution is 0.0973. The first-order valence-corrected chi connectivity index (χ1v) is 6.07. The minimum Gasteiger partial charge on any atom is -0.363 e. The molecule has 1 aromatic heterocycles. The monoisotopic (exact) mass is 229 g/mol. The number of nitrogens with zero attached hydrogens (tertiary/aromatic N) is 4. The van der Waals surface area contributed by atoms with Gasteiger partial charge in [-0.2, -0.15) is 5.26 Å². The smallest absolute Gasteiger partial charge is 0.182 e. The van der Waals surface area contributed by atoms with E-state index in [1.54, 1.807) is 12.4 Å². The van der Waals surface area contributed by atoms with Crippen LogP contribution in [-0.4, -0.2) is 40.5 Å². The average molecular weight is 229 g/mol. The Balaban J connectivity index is 1.77. The van der Waals surface area contributed by atoms with E-state index < -0.39 is 0 Å². The molecule has 5 nitrogen and oxygen atoms in total. The van der Waals surface area contributed by atoms with Crippen LogP contribution in [0.3, 0.4) is 0 Å². The summed E-state index contributed by atoms with van der Waals surface area (Å²) in [5.74, 6) is 1.35. The van der Waals surface area contributed by atoms with Gasteiger partial charge in [-0.1, -0.05) is 0 Å². The highest BCUT2D eigenvalue weighted by molar-refractivity contribution is 5.47. The molecule has 0 amide bonds. The van der Waals surface area contributed by atoms with Crippen molar-refractivity contribution in [3.05, 3.63) is 18.1 Å². The summed E-state index contributed by atoms with van der Waals surface area (Å²) in [5, 5.41) is 12.4. The van der Waals surface area contributed by atoms with E-state index in [1.165, 1.54) is 25.9 Å². The standard InChI is InChI=1S/C12H15N5/c13-7-10-12(15-4-3-14-10)16-11-8-17-5-1-9(11)2-6-17/h3-4,9,11H,1-2,5-6,8H2,(H,15,16). The zero-order valence-electron chi connectivity index (χ0n) is 9.63. The van der Waals surface area contributed by atoms with E-state index in [4.69, 9.17) is 5.26 Å². The van der Waals surface area contributed by atoms with Gasteiger partial charge in [0.25, 0.3) is 0 Å². The van der Waals surface area contributed by atoms with E-state index in [2.05, 4.69) is 26.3 Å². The summed E-state index contributed by atoms with van der Waals surface area (Å²) >= 11 is 0. The molecular weight excluding hydrogens is 214 g/mol. The Hall–Kier alpha value is -1.67. The Labute approximate surface area is 100 Å². The fraction of sp³-hybridized carbons (Fsp3) is 0.583. The number of anilines is 1. The molecule has 0 radical (unpaired) electrons. The highest BCUT2D eigenvalue weighted by Gasteiger charge is 2.34. The van der Waals surface area contributed by atoms with Crippen LogP contribution in [0.1, 0.15) is 18.5 Å². The molecule has 0 aliphatic carbocycles. The molecule has 0 spiro atoms. The van der Waals surface area contributed by atoms with Gasteiger partial charge in [0.1, 0.15) is 6.07 Å². The number of hydrogen-bond acceptors (Lipinski definition) is 5. The van der Waals surface area contributed by atoms with Crippen molar-refractivity contribution in [1.29, 1.82) is 5.26 Å². The van der Waals surface area contributed by atoms with Gasteiger partial charge in [-0.3, -0.25) is 0 Å². The highest BCUT2D eigenvalue weighted by atomic mass is 15.2. The molecule has 1 aromatic rings. The maximum absolute atomic E-state index is 8.98. The van der Waals surface area contributed by atoms with Gasteiger partial charge in [0.05, 0.1) is 0 Å². The first kappa shape index (κ1) is 10.5. The molecule has 3 aliphatic heterocycles. The van der Waals surface area contributed by atoms with E-state index in [0.717, 1.165) is 6.54 Å². The van der Waals surface area contributed by atoms with Crippen LogP contribution in [0.25, 0.3) is 0 Å². The van der Waals surface area contributed by atoms with Gasteiger partial charge in [0.2, 0.25) is 0 Å². The number of rotatable bonds is 2. The second kappa shape index (κ2) is 4.30. The summed E-state index contributed by atoms with van der Waals surface area (Å²) in [5.41, 5.74) is 0.393. The first-order chi connectivity index (χ1) is 8.36. The van der Waals surface area contributed by atoms with E-state index in [9.17, 15) is 0 Å². The van der Waals surface area contributed by atoms with Crippen molar-refractivity contribution in [2.45, 2.75) is 18.9 Å². The number of fused-ring (bicyclic) bond motifs is 3. The van der Waals surface area contributed by atoms with E-state index in [0.29, 0.717) is 23.5 Å². The van der Waals surface area contributed by atoms with E-state index in [1.807, 2.05) is 0 Å². The fourth-order valence-electron chi connectivity index (χ4n) is 2.83. The molecule has 1 N–H and O–H groups in total. The van der Waals surface area contributed by atoms with E-state index >= 15 is 0 Å². The van der Waals surface area contributed by atoms with Crippen LogP contribution in [-0.2, 0) is 0 Å². The number of hydrogen-bond donors (Lipinski definition) is 1. The van der Waals surface area contributed by atoms with Gasteiger partial charge in [-0.15, -0.1) is 0 Å². The molecule has 3 saturated heterocycles. The summed E-state index contributed by atoms with van der Waals surface area (Å²) in [6, 6.07) is 2.50. The van der Waals surface area contributed by atoms with Gasteiger partial charge in [-0.05, 0) is 31.8 Å². The first-order valence-electron chi connectivity index (χ1n) is 6.07. The summed E-state index contributed by atoms with van der Waals surface area (Å²) in [6.45, 7) is 3.49. The lowest BCUT2D eigenvalue weighted by Gasteiger charge is -2.45. The van der Waals surface area contributed by atoms with Gasteiger partial charge in [0.15, 0.2) is 11.5 Å². The molecule has 3 aliphatic rings. The Bertz CT molecular complexity index is 444. The molecule has 0 aromatic carbocycles. The Morgan fingerprint density at radius 1 is 1.29 bits per heavy atom. The Morgan fingerprint density at radius 2 is 2.06 bits per heavy atom. The van der Waals surface area contributed by atoms with Crippen molar-refractivity contribution in [1.82, 2.24) is 14.9 Å². The molecule has 1 unspecified atom stereocenters. The predicted octanol–water partition coefficient (Wildman–Crippen LogP) is 0.854. The van der Waals surface area contributed by atoms with Crippen molar-refractivity contribution >= 4 is 5.82 Å². The third-order valence-electron chi connectivity index (χ3n) is 3.78. The zero-order valence-corrected chi connectivity index (χ0v) is 9.63. The average Bonchev–Trinajstić information content (AvgIpc) is 2.41. The summed E-state index contributed by atoms with van der Waals surface area (Å²) in [7, 11) is 0. The third kappa shape index (κ3) is 1.96. The SMILES string of the molecule is N#Cc1nccnc1NC1CN2CCC1CC2. The molecule has 1 atom stereocenters. The molecule has 4 heterocycles. The minimum atomic E-state index is 0.393. The summed E-state index contributed by atoms with van der Waals surface area (Å²) in [6.07, 6.45) is 5.68. The fourth-order valence-corrected chi connectivity index (χ4v) is 2.83. The van der Waals surface area contributed by atoms with Gasteiger partial charge in [0, 0.05) is 25.0 Å². The lowest BCUT2D eigenvalue weighted by Crippen LogP contribution is -2.53. The lowest BCUT2D eigenvalue weighted by atomic mass is 9.84. The number of nitriles is 1. The molecule has 5 heteroatoms. The quantitative estimate of drug-likeness (QED) is 0.814. The van der Waals surface area contributed by atoms with Crippen molar-refractivity contribution in [3.8, 4) is 6.07 Å². The number of nitrogens with one attached hydrogen (secondary N) is 1. The van der Waals surface area contributed by atoms with E-state index in [-0.39, 0.29) is 0 Å². The molecule has 4 rings (SSSR count). The molecule has 3 fully saturated rings. The minimum absolute atomic E-state index is 0.393. The van der Waals surface area contributed by atoms with Crippen molar-refractivity contribution in [2.75, 3.05) is 25.0 Å². The van der Waals surface area contributed by atoms with Crippen LogP contribution < -0.4 is 5.32 Å². The second-order valence-corrected chi connectivity index (χ2v) is 4.75. The Morgan fingerprint density at radius 3 is 2.71 bits per heavy atom. The largest absolute Gasteiger partial charge is 0.363 e. The van der Waals surface area contributed by atoms with Gasteiger partial charge in [-0.25, -0.2) is 9.97 Å². The summed E-state index contributed by atoms with van der Waals surface area (Å²) < 4.78 is 0. The van der Waals surface area contributed by atoms with Crippen molar-refractivity contribution < 1.29 is 0 Å². The van der Waals surface area contributed by atoms with Crippen LogP contribution in [0.2, 0.25) is 0 Å². The van der Waals surface area contributed by atoms with Gasteiger partial charge >= 0.3 is 0 Å². The molecule has 17 heavy (non-hydrogen) atoms. The maximum atomic E-state index is 8.98. The molecule has 0 saturated carbocycles. The predicted molar refractivity (Wildman–Crippen MR) is 63.3 cm³/mol. The maximum Gasteiger partial charge on any atom is 0.182 e. The summed E-state index contributed by atoms with van der Waals surface area (Å²) in [4.78, 5) is 10.7. The van der Waals surface area contributed by atoms with Crippen LogP contribution in [0, 0.1) is 17.2 Å². The van der Waals surface area contributed by atoms with Crippen LogP contribution in [0.4, 0.5) is 5.82 Å². The zero-order chi connectivity index (χ0) is 11.7. The third-order valence-corrected chi connectivity index (χ3v) is 3.78. The number of piperidine rings is 3. The Kier molecular flexibility index (Phi) is 2.65. The van der Waals surface area contributed by atoms with Crippen LogP contribution >= 0.6 is 0 Å². The van der Waals surface area contributed by atoms with Crippen LogP contribution in [0.5, 0.6) is 0 Å². The van der Waals surface area contributed by atoms with Crippen LogP contribution in [0.15, 0.2) is 12.4 Å². The molecular formula is C12H15N5. The van der Waals surface area contributed by atoms with Gasteiger partial charge < -0.3 is 10.2 Å². The van der Waals surface area contributed by atoms with Crippen molar-refractivity contribution in [2.24, 2.45) is 5.92 Å². The van der Waals surface area contributed by atoms with Crippen molar-refractivity contribution in [3.63, 3.8) is 0 Å². The number of aromatic nitrogens is 2.